The van der Waals surface area contributed by atoms with E-state index in [0.29, 0.717) is 26.3 Å². The number of hydrogen-bond donors (Lipinski definition) is 1. The van der Waals surface area contributed by atoms with E-state index in [2.05, 4.69) is 19.2 Å². The normalized spacial score (nSPS) is 15.7. The number of esters is 2. The van der Waals surface area contributed by atoms with Crippen LogP contribution in [0.3, 0.4) is 0 Å². The van der Waals surface area contributed by atoms with E-state index in [0.717, 1.165) is 38.5 Å². The molecule has 1 fully saturated rings. The topological polar surface area (TPSA) is 103 Å². The highest BCUT2D eigenvalue weighted by atomic mass is 16.5. The van der Waals surface area contributed by atoms with Crippen LogP contribution in [0.25, 0.3) is 0 Å². The van der Waals surface area contributed by atoms with Gasteiger partial charge < -0.3 is 24.3 Å². The molecular weight excluding hydrogens is 729 g/mol. The number of nitrogens with zero attached hydrogens (tertiary/aromatic N) is 1. The molecule has 0 aliphatic carbocycles. The molecule has 9 heteroatoms. The van der Waals surface area contributed by atoms with Gasteiger partial charge in [-0.1, -0.05) is 206 Å². The first-order chi connectivity index (χ1) is 28.4. The van der Waals surface area contributed by atoms with Gasteiger partial charge in [0, 0.05) is 33.4 Å². The van der Waals surface area contributed by atoms with E-state index in [1.807, 2.05) is 4.90 Å². The van der Waals surface area contributed by atoms with Gasteiger partial charge in [0.2, 0.25) is 5.91 Å². The van der Waals surface area contributed by atoms with Crippen LogP contribution in [0.1, 0.15) is 232 Å². The molecule has 342 valence electrons. The van der Waals surface area contributed by atoms with Gasteiger partial charge in [-0.15, -0.1) is 0 Å². The number of carbonyl (C=O) groups excluding carboxylic acids is 3. The van der Waals surface area contributed by atoms with Crippen LogP contribution >= 0.6 is 0 Å². The van der Waals surface area contributed by atoms with Crippen LogP contribution in [0.15, 0.2) is 0 Å². The molecule has 0 aromatic heterocycles. The Labute approximate surface area is 357 Å². The Balaban J connectivity index is 2.25. The van der Waals surface area contributed by atoms with Crippen molar-refractivity contribution in [3.63, 3.8) is 0 Å². The van der Waals surface area contributed by atoms with E-state index in [-0.39, 0.29) is 37.5 Å². The Kier molecular flexibility index (Phi) is 38.1. The molecule has 9 nitrogen and oxygen atoms in total. The average Bonchev–Trinajstić information content (AvgIpc) is 3.61. The number of methoxy groups -OCH3 is 2. The summed E-state index contributed by atoms with van der Waals surface area (Å²) >= 11 is 0. The second-order valence-corrected chi connectivity index (χ2v) is 17.5. The Hall–Kier alpha value is -1.71. The first-order valence-electron chi connectivity index (χ1n) is 24.8. The number of ether oxygens (including phenoxy) is 4. The summed E-state index contributed by atoms with van der Waals surface area (Å²) in [5.74, 6) is -1.03. The van der Waals surface area contributed by atoms with Crippen molar-refractivity contribution in [2.24, 2.45) is 0 Å². The quantitative estimate of drug-likeness (QED) is 0.0479. The SMILES string of the molecule is CCCCCCCCCCCCCCCCCCOC(=O)CC(CC(=O)OCCCCCCCCCCCCCCCCCC)NC(=O)CN1C[C@@H](OC)[C@H](OC)C1. The van der Waals surface area contributed by atoms with Gasteiger partial charge in [0.15, 0.2) is 0 Å². The van der Waals surface area contributed by atoms with Crippen molar-refractivity contribution in [1.82, 2.24) is 10.2 Å². The fourth-order valence-corrected chi connectivity index (χ4v) is 8.24. The van der Waals surface area contributed by atoms with Crippen LogP contribution < -0.4 is 5.32 Å². The maximum absolute atomic E-state index is 13.1. The molecule has 1 aliphatic heterocycles. The first kappa shape index (κ1) is 54.3. The lowest BCUT2D eigenvalue weighted by Gasteiger charge is -2.20. The number of nitrogens with one attached hydrogen (secondary N) is 1. The summed E-state index contributed by atoms with van der Waals surface area (Å²) in [7, 11) is 3.29. The molecule has 0 aromatic rings. The van der Waals surface area contributed by atoms with E-state index in [9.17, 15) is 14.4 Å². The van der Waals surface area contributed by atoms with Crippen LogP contribution in [-0.4, -0.2) is 88.1 Å². The molecule has 0 unspecified atom stereocenters. The molecular formula is C49H94N2O7. The highest BCUT2D eigenvalue weighted by Gasteiger charge is 2.34. The summed E-state index contributed by atoms with van der Waals surface area (Å²) in [6, 6.07) is -0.678. The van der Waals surface area contributed by atoms with Crippen molar-refractivity contribution in [2.75, 3.05) is 47.1 Å². The van der Waals surface area contributed by atoms with Gasteiger partial charge in [-0.2, -0.15) is 0 Å². The highest BCUT2D eigenvalue weighted by Crippen LogP contribution is 2.17. The molecule has 1 amide bonds. The van der Waals surface area contributed by atoms with Crippen LogP contribution in [0.4, 0.5) is 0 Å². The highest BCUT2D eigenvalue weighted by molar-refractivity contribution is 5.81. The molecule has 58 heavy (non-hydrogen) atoms. The average molecular weight is 823 g/mol. The lowest BCUT2D eigenvalue weighted by molar-refractivity contribution is -0.146. The zero-order valence-electron chi connectivity index (χ0n) is 38.6. The van der Waals surface area contributed by atoms with Crippen LogP contribution in [0.2, 0.25) is 0 Å². The van der Waals surface area contributed by atoms with Crippen molar-refractivity contribution < 1.29 is 33.3 Å². The van der Waals surface area contributed by atoms with Gasteiger partial charge in [0.25, 0.3) is 0 Å². The smallest absolute Gasteiger partial charge is 0.307 e. The first-order valence-corrected chi connectivity index (χ1v) is 24.8. The second kappa shape index (κ2) is 40.7. The number of likely N-dealkylation sites (tertiary alicyclic amines) is 1. The zero-order valence-corrected chi connectivity index (χ0v) is 38.6. The molecule has 0 aromatic carbocycles. The third-order valence-electron chi connectivity index (χ3n) is 12.0. The van der Waals surface area contributed by atoms with E-state index >= 15 is 0 Å². The lowest BCUT2D eigenvalue weighted by Crippen LogP contribution is -2.44. The van der Waals surface area contributed by atoms with E-state index < -0.39 is 18.0 Å². The number of amides is 1. The largest absolute Gasteiger partial charge is 0.466 e. The predicted octanol–water partition coefficient (Wildman–Crippen LogP) is 12.2. The van der Waals surface area contributed by atoms with Crippen molar-refractivity contribution >= 4 is 17.8 Å². The van der Waals surface area contributed by atoms with Gasteiger partial charge in [-0.05, 0) is 12.8 Å². The van der Waals surface area contributed by atoms with Crippen LogP contribution in [0, 0.1) is 0 Å². The van der Waals surface area contributed by atoms with E-state index in [1.54, 1.807) is 14.2 Å². The van der Waals surface area contributed by atoms with Crippen molar-refractivity contribution in [3.8, 4) is 0 Å². The predicted molar refractivity (Wildman–Crippen MR) is 240 cm³/mol. The fourth-order valence-electron chi connectivity index (χ4n) is 8.24. The zero-order chi connectivity index (χ0) is 42.2. The number of carbonyl (C=O) groups is 3. The molecule has 1 aliphatic rings. The molecule has 2 atom stereocenters. The fraction of sp³-hybridized carbons (Fsp3) is 0.939. The number of unbranched alkanes of at least 4 members (excludes halogenated alkanes) is 30. The Bertz CT molecular complexity index is 886. The molecule has 0 bridgehead atoms. The van der Waals surface area contributed by atoms with Crippen LogP contribution in [-0.2, 0) is 33.3 Å². The van der Waals surface area contributed by atoms with E-state index in [1.165, 1.54) is 167 Å². The van der Waals surface area contributed by atoms with Gasteiger partial charge in [0.1, 0.15) is 0 Å². The second-order valence-electron chi connectivity index (χ2n) is 17.5. The minimum atomic E-state index is -0.678. The van der Waals surface area contributed by atoms with Crippen molar-refractivity contribution in [2.45, 2.75) is 250 Å². The van der Waals surface area contributed by atoms with Gasteiger partial charge >= 0.3 is 11.9 Å². The van der Waals surface area contributed by atoms with Gasteiger partial charge in [-0.3, -0.25) is 19.3 Å². The summed E-state index contributed by atoms with van der Waals surface area (Å²) in [4.78, 5) is 40.7. The molecule has 0 saturated carbocycles. The molecule has 0 radical (unpaired) electrons. The standard InChI is InChI=1S/C49H94N2O7/c1-5-7-9-11-13-15-17-19-21-23-25-27-29-31-33-35-37-57-48(53)39-44(50-47(52)43-51-41-45(55-3)46(42-51)56-4)40-49(54)58-38-36-34-32-30-28-26-24-22-20-18-16-14-12-10-8-6-2/h44-46H,5-43H2,1-4H3,(H,50,52)/t45-,46-/m1/s1. The van der Waals surface area contributed by atoms with Gasteiger partial charge in [0.05, 0.1) is 44.8 Å². The third-order valence-corrected chi connectivity index (χ3v) is 12.0. The summed E-state index contributed by atoms with van der Waals surface area (Å²) in [6.45, 7) is 6.58. The van der Waals surface area contributed by atoms with Gasteiger partial charge in [-0.25, -0.2) is 0 Å². The summed E-state index contributed by atoms with van der Waals surface area (Å²) in [6.07, 6.45) is 41.0. The maximum atomic E-state index is 13.1. The molecule has 1 N–H and O–H groups in total. The summed E-state index contributed by atoms with van der Waals surface area (Å²) in [5.41, 5.74) is 0. The third kappa shape index (κ3) is 33.1. The number of hydrogen-bond acceptors (Lipinski definition) is 8. The Morgan fingerprint density at radius 2 is 0.741 bits per heavy atom. The van der Waals surface area contributed by atoms with E-state index in [4.69, 9.17) is 18.9 Å². The maximum Gasteiger partial charge on any atom is 0.307 e. The monoisotopic (exact) mass is 823 g/mol. The molecule has 1 heterocycles. The summed E-state index contributed by atoms with van der Waals surface area (Å²) < 4.78 is 22.1. The molecule has 1 rings (SSSR count). The number of rotatable bonds is 43. The minimum Gasteiger partial charge on any atom is -0.466 e. The lowest BCUT2D eigenvalue weighted by atomic mass is 10.0. The van der Waals surface area contributed by atoms with Crippen molar-refractivity contribution in [1.29, 1.82) is 0 Å². The van der Waals surface area contributed by atoms with Crippen molar-refractivity contribution in [3.05, 3.63) is 0 Å². The Morgan fingerprint density at radius 1 is 0.466 bits per heavy atom. The minimum absolute atomic E-state index is 0.0554. The molecule has 1 saturated heterocycles. The molecule has 0 spiro atoms. The Morgan fingerprint density at radius 3 is 1.02 bits per heavy atom. The van der Waals surface area contributed by atoms with Crippen LogP contribution in [0.5, 0.6) is 0 Å². The summed E-state index contributed by atoms with van der Waals surface area (Å²) in [5, 5.41) is 2.92.